The van der Waals surface area contributed by atoms with Crippen molar-refractivity contribution in [2.75, 3.05) is 5.32 Å². The van der Waals surface area contributed by atoms with Crippen LogP contribution >= 0.6 is 11.6 Å². The van der Waals surface area contributed by atoms with E-state index in [9.17, 15) is 9.18 Å². The van der Waals surface area contributed by atoms with E-state index in [1.165, 1.54) is 12.1 Å². The van der Waals surface area contributed by atoms with Crippen molar-refractivity contribution in [2.45, 2.75) is 26.2 Å². The van der Waals surface area contributed by atoms with Gasteiger partial charge in [-0.2, -0.15) is 0 Å². The first-order valence-electron chi connectivity index (χ1n) is 9.30. The molecule has 29 heavy (non-hydrogen) atoms. The van der Waals surface area contributed by atoms with E-state index in [-0.39, 0.29) is 11.7 Å². The molecule has 1 amide bonds. The number of benzene rings is 2. The fourth-order valence-corrected chi connectivity index (χ4v) is 3.56. The number of nitrogens with one attached hydrogen (secondary N) is 1. The quantitative estimate of drug-likeness (QED) is 0.611. The van der Waals surface area contributed by atoms with E-state index < -0.39 is 5.92 Å². The Hall–Kier alpha value is -3.05. The molecule has 0 aliphatic carbocycles. The third-order valence-corrected chi connectivity index (χ3v) is 5.32. The van der Waals surface area contributed by atoms with Crippen LogP contribution in [0, 0.1) is 12.7 Å². The number of hydrogen-bond acceptors (Lipinski definition) is 3. The maximum absolute atomic E-state index is 13.1. The smallest absolute Gasteiger partial charge is 0.231 e. The first kappa shape index (κ1) is 19.3. The van der Waals surface area contributed by atoms with Gasteiger partial charge in [0.25, 0.3) is 0 Å². The van der Waals surface area contributed by atoms with Crippen LogP contribution in [0.3, 0.4) is 0 Å². The minimum atomic E-state index is -0.421. The zero-order chi connectivity index (χ0) is 20.5. The van der Waals surface area contributed by atoms with Crippen LogP contribution in [0.4, 0.5) is 15.9 Å². The van der Waals surface area contributed by atoms with Crippen molar-refractivity contribution in [2.24, 2.45) is 4.99 Å². The Labute approximate surface area is 173 Å². The average Bonchev–Trinajstić information content (AvgIpc) is 3.12. The molecule has 0 bridgehead atoms. The van der Waals surface area contributed by atoms with Gasteiger partial charge in [0.15, 0.2) is 5.82 Å². The van der Waals surface area contributed by atoms with Gasteiger partial charge in [-0.1, -0.05) is 29.8 Å². The predicted molar refractivity (Wildman–Crippen MR) is 114 cm³/mol. The summed E-state index contributed by atoms with van der Waals surface area (Å²) in [4.78, 5) is 21.6. The molecule has 6 heteroatoms. The van der Waals surface area contributed by atoms with E-state index in [0.717, 1.165) is 28.0 Å². The Bertz CT molecular complexity index is 1130. The molecule has 146 valence electrons. The zero-order valence-electron chi connectivity index (χ0n) is 16.0. The highest BCUT2D eigenvalue weighted by molar-refractivity contribution is 6.34. The molecule has 1 aromatic heterocycles. The summed E-state index contributed by atoms with van der Waals surface area (Å²) in [6, 6.07) is 13.3. The molecule has 0 radical (unpaired) electrons. The van der Waals surface area contributed by atoms with Crippen LogP contribution in [-0.4, -0.2) is 16.6 Å². The molecule has 1 aliphatic heterocycles. The summed E-state index contributed by atoms with van der Waals surface area (Å²) in [6.45, 7) is 3.78. The summed E-state index contributed by atoms with van der Waals surface area (Å²) in [6.07, 6.45) is 2.44. The number of carbonyl (C=O) groups excluding carboxylic acids is 1. The SMILES string of the molecule is Cc1cnc2c(c1)CC(c1cc(NC(=O)C(C)c3ccc(F)cc3)ccc1Cl)=N2. The van der Waals surface area contributed by atoms with Crippen molar-refractivity contribution >= 4 is 34.7 Å². The third kappa shape index (κ3) is 4.05. The summed E-state index contributed by atoms with van der Waals surface area (Å²) < 4.78 is 13.1. The molecule has 1 aliphatic rings. The number of rotatable bonds is 4. The first-order valence-corrected chi connectivity index (χ1v) is 9.68. The fraction of sp³-hybridized carbons (Fsp3) is 0.174. The van der Waals surface area contributed by atoms with E-state index in [1.807, 2.05) is 13.0 Å². The van der Waals surface area contributed by atoms with Gasteiger partial charge in [-0.15, -0.1) is 0 Å². The van der Waals surface area contributed by atoms with Crippen LogP contribution in [0.1, 0.15) is 35.1 Å². The molecule has 2 heterocycles. The number of nitrogens with zero attached hydrogens (tertiary/aromatic N) is 2. The molecule has 0 saturated heterocycles. The van der Waals surface area contributed by atoms with Crippen LogP contribution in [0.15, 0.2) is 59.7 Å². The number of fused-ring (bicyclic) bond motifs is 1. The second-order valence-electron chi connectivity index (χ2n) is 7.19. The highest BCUT2D eigenvalue weighted by atomic mass is 35.5. The number of amides is 1. The van der Waals surface area contributed by atoms with E-state index in [4.69, 9.17) is 11.6 Å². The van der Waals surface area contributed by atoms with Crippen LogP contribution in [0.5, 0.6) is 0 Å². The van der Waals surface area contributed by atoms with Gasteiger partial charge >= 0.3 is 0 Å². The van der Waals surface area contributed by atoms with Crippen molar-refractivity contribution in [1.82, 2.24) is 4.98 Å². The normalized spacial score (nSPS) is 13.6. The van der Waals surface area contributed by atoms with Crippen LogP contribution in [0.2, 0.25) is 5.02 Å². The van der Waals surface area contributed by atoms with E-state index in [2.05, 4.69) is 21.4 Å². The number of anilines is 1. The highest BCUT2D eigenvalue weighted by Gasteiger charge is 2.21. The van der Waals surface area contributed by atoms with Crippen molar-refractivity contribution in [1.29, 1.82) is 0 Å². The number of pyridine rings is 1. The van der Waals surface area contributed by atoms with Crippen molar-refractivity contribution in [3.63, 3.8) is 0 Å². The molecule has 0 spiro atoms. The number of aliphatic imine (C=N–C) groups is 1. The maximum Gasteiger partial charge on any atom is 0.231 e. The number of hydrogen-bond donors (Lipinski definition) is 1. The number of aryl methyl sites for hydroxylation is 1. The molecule has 4 nitrogen and oxygen atoms in total. The number of aromatic nitrogens is 1. The molecular formula is C23H19ClFN3O. The Morgan fingerprint density at radius 2 is 1.93 bits per heavy atom. The van der Waals surface area contributed by atoms with E-state index in [0.29, 0.717) is 22.9 Å². The molecule has 4 rings (SSSR count). The molecule has 3 aromatic rings. The van der Waals surface area contributed by atoms with Crippen LogP contribution in [0.25, 0.3) is 0 Å². The second kappa shape index (κ2) is 7.76. The van der Waals surface area contributed by atoms with Gasteiger partial charge in [0.2, 0.25) is 5.91 Å². The Morgan fingerprint density at radius 3 is 2.69 bits per heavy atom. The molecular weight excluding hydrogens is 389 g/mol. The lowest BCUT2D eigenvalue weighted by atomic mass is 10.00. The molecule has 1 unspecified atom stereocenters. The van der Waals surface area contributed by atoms with Crippen LogP contribution < -0.4 is 5.32 Å². The van der Waals surface area contributed by atoms with Gasteiger partial charge in [0.1, 0.15) is 5.82 Å². The maximum atomic E-state index is 13.1. The van der Waals surface area contributed by atoms with Gasteiger partial charge in [-0.25, -0.2) is 14.4 Å². The Kier molecular flexibility index (Phi) is 5.16. The Morgan fingerprint density at radius 1 is 1.17 bits per heavy atom. The molecule has 0 saturated carbocycles. The molecule has 0 fully saturated rings. The fourth-order valence-electron chi connectivity index (χ4n) is 3.33. The van der Waals surface area contributed by atoms with Gasteiger partial charge in [-0.05, 0) is 55.3 Å². The van der Waals surface area contributed by atoms with Gasteiger partial charge in [0, 0.05) is 34.5 Å². The Balaban J connectivity index is 1.55. The van der Waals surface area contributed by atoms with Gasteiger partial charge in [-0.3, -0.25) is 4.79 Å². The summed E-state index contributed by atoms with van der Waals surface area (Å²) in [5.41, 5.74) is 5.12. The van der Waals surface area contributed by atoms with Crippen molar-refractivity contribution in [3.8, 4) is 0 Å². The highest BCUT2D eigenvalue weighted by Crippen LogP contribution is 2.31. The molecule has 1 atom stereocenters. The second-order valence-corrected chi connectivity index (χ2v) is 7.59. The average molecular weight is 408 g/mol. The van der Waals surface area contributed by atoms with Crippen molar-refractivity contribution < 1.29 is 9.18 Å². The predicted octanol–water partition coefficient (Wildman–Crippen LogP) is 5.60. The van der Waals surface area contributed by atoms with Gasteiger partial charge in [0.05, 0.1) is 11.6 Å². The largest absolute Gasteiger partial charge is 0.326 e. The minimum absolute atomic E-state index is 0.182. The topological polar surface area (TPSA) is 54.4 Å². The molecule has 1 N–H and O–H groups in total. The summed E-state index contributed by atoms with van der Waals surface area (Å²) in [7, 11) is 0. The zero-order valence-corrected chi connectivity index (χ0v) is 16.8. The third-order valence-electron chi connectivity index (χ3n) is 4.99. The summed E-state index contributed by atoms with van der Waals surface area (Å²) in [5.74, 6) is -0.221. The van der Waals surface area contributed by atoms with E-state index >= 15 is 0 Å². The lowest BCUT2D eigenvalue weighted by Crippen LogP contribution is -2.19. The van der Waals surface area contributed by atoms with Crippen molar-refractivity contribution in [3.05, 3.63) is 87.8 Å². The lowest BCUT2D eigenvalue weighted by molar-refractivity contribution is -0.117. The number of carbonyl (C=O) groups is 1. The van der Waals surface area contributed by atoms with E-state index in [1.54, 1.807) is 37.4 Å². The summed E-state index contributed by atoms with van der Waals surface area (Å²) in [5, 5.41) is 3.48. The summed E-state index contributed by atoms with van der Waals surface area (Å²) >= 11 is 6.41. The molecule has 2 aromatic carbocycles. The number of halogens is 2. The first-order chi connectivity index (χ1) is 13.9. The minimum Gasteiger partial charge on any atom is -0.326 e. The van der Waals surface area contributed by atoms with Gasteiger partial charge < -0.3 is 5.32 Å². The lowest BCUT2D eigenvalue weighted by Gasteiger charge is -2.14. The monoisotopic (exact) mass is 407 g/mol. The van der Waals surface area contributed by atoms with Crippen LogP contribution in [-0.2, 0) is 11.2 Å². The standard InChI is InChI=1S/C23H19ClFN3O/c1-13-9-16-10-21(28-22(16)26-12-13)19-11-18(7-8-20(19)24)27-23(29)14(2)15-3-5-17(25)6-4-15/h3-9,11-12,14H,10H2,1-2H3,(H,27,29).